The molecule has 0 bridgehead atoms. The first-order valence-electron chi connectivity index (χ1n) is 5.92. The zero-order valence-electron chi connectivity index (χ0n) is 12.2. The second-order valence-electron chi connectivity index (χ2n) is 4.82. The van der Waals surface area contributed by atoms with E-state index in [4.69, 9.17) is 0 Å². The molecule has 0 saturated heterocycles. The second kappa shape index (κ2) is 6.81. The van der Waals surface area contributed by atoms with Crippen LogP contribution < -0.4 is 0 Å². The lowest BCUT2D eigenvalue weighted by Crippen LogP contribution is -2.73. The Bertz CT molecular complexity index is 685. The monoisotopic (exact) mass is 450 g/mol. The fourth-order valence-corrected chi connectivity index (χ4v) is 1.40. The summed E-state index contributed by atoms with van der Waals surface area (Å²) in [6.07, 6.45) is -1.59. The normalized spacial score (nSPS) is 16.1. The van der Waals surface area contributed by atoms with Crippen LogP contribution in [0, 0.1) is 24.4 Å². The van der Waals surface area contributed by atoms with Crippen LogP contribution >= 0.6 is 0 Å². The topological polar surface area (TPSA) is 0 Å². The molecule has 1 unspecified atom stereocenters. The van der Waals surface area contributed by atoms with Gasteiger partial charge in [0.25, 0.3) is 0 Å². The van der Waals surface area contributed by atoms with Gasteiger partial charge >= 0.3 is 41.5 Å². The highest BCUT2D eigenvalue weighted by Crippen LogP contribution is 2.62. The van der Waals surface area contributed by atoms with Crippen LogP contribution in [0.4, 0.5) is 70.2 Å². The van der Waals surface area contributed by atoms with Crippen molar-refractivity contribution in [3.05, 3.63) is 0 Å². The molecule has 0 aromatic carbocycles. The molecule has 0 aliphatic rings. The summed E-state index contributed by atoms with van der Waals surface area (Å²) in [5.41, 5.74) is 0. The molecule has 162 valence electrons. The van der Waals surface area contributed by atoms with Gasteiger partial charge in [-0.3, -0.25) is 0 Å². The van der Waals surface area contributed by atoms with Gasteiger partial charge in [-0.2, -0.15) is 61.5 Å². The van der Waals surface area contributed by atoms with Crippen LogP contribution in [-0.2, 0) is 0 Å². The van der Waals surface area contributed by atoms with Crippen molar-refractivity contribution in [1.29, 1.82) is 0 Å². The molecule has 0 N–H and O–H groups in total. The summed E-state index contributed by atoms with van der Waals surface area (Å²) in [6.45, 7) is 0. The van der Waals surface area contributed by atoms with Gasteiger partial charge in [-0.1, -0.05) is 5.92 Å². The minimum atomic E-state index is -8.40. The molecule has 16 heteroatoms. The Morgan fingerprint density at radius 3 is 1.21 bits per heavy atom. The van der Waals surface area contributed by atoms with Crippen LogP contribution in [-0.4, -0.2) is 47.6 Å². The van der Waals surface area contributed by atoms with E-state index in [1.54, 1.807) is 0 Å². The zero-order chi connectivity index (χ0) is 23.2. The molecule has 0 aliphatic carbocycles. The van der Waals surface area contributed by atoms with Crippen LogP contribution in [0.1, 0.15) is 0 Å². The van der Waals surface area contributed by atoms with Crippen molar-refractivity contribution in [2.45, 2.75) is 47.6 Å². The SMILES string of the molecule is C#CC(F)C(F)(F)C(F)(F)C(F)(F)C(F)(F)C(F)(F)C(F)(F)C(F)(F)C#CF. The molecule has 28 heavy (non-hydrogen) atoms. The Kier molecular flexibility index (Phi) is 6.32. The van der Waals surface area contributed by atoms with Crippen molar-refractivity contribution in [3.63, 3.8) is 0 Å². The van der Waals surface area contributed by atoms with Crippen molar-refractivity contribution in [2.75, 3.05) is 0 Å². The maximum absolute atomic E-state index is 13.2. The maximum atomic E-state index is 13.2. The van der Waals surface area contributed by atoms with E-state index in [1.807, 2.05) is 0 Å². The van der Waals surface area contributed by atoms with Gasteiger partial charge in [-0.05, 0) is 0 Å². The van der Waals surface area contributed by atoms with E-state index in [1.165, 1.54) is 0 Å². The zero-order valence-corrected chi connectivity index (χ0v) is 12.2. The second-order valence-corrected chi connectivity index (χ2v) is 4.82. The number of alkyl halides is 15. The van der Waals surface area contributed by atoms with Gasteiger partial charge in [-0.15, -0.1) is 10.8 Å². The average Bonchev–Trinajstić information content (AvgIpc) is 2.52. The van der Waals surface area contributed by atoms with Crippen LogP contribution in [0.2, 0.25) is 0 Å². The molecular weight excluding hydrogens is 448 g/mol. The number of halogens is 16. The predicted octanol–water partition coefficient (Wildman–Crippen LogP) is 5.34. The Labute approximate surface area is 143 Å². The van der Waals surface area contributed by atoms with Crippen molar-refractivity contribution < 1.29 is 70.2 Å². The first kappa shape index (κ1) is 26.0. The summed E-state index contributed by atoms with van der Waals surface area (Å²) in [6, 6.07) is 0. The van der Waals surface area contributed by atoms with Crippen LogP contribution in [0.3, 0.4) is 0 Å². The highest BCUT2D eigenvalue weighted by Gasteiger charge is 2.93. The van der Waals surface area contributed by atoms with Gasteiger partial charge in [0.2, 0.25) is 6.17 Å². The largest absolute Gasteiger partial charge is 0.390 e. The molecule has 0 amide bonds. The first-order chi connectivity index (χ1) is 12.0. The quantitative estimate of drug-likeness (QED) is 0.363. The van der Waals surface area contributed by atoms with Gasteiger partial charge in [0, 0.05) is 5.92 Å². The fourth-order valence-electron chi connectivity index (χ4n) is 1.40. The van der Waals surface area contributed by atoms with Crippen LogP contribution in [0.15, 0.2) is 0 Å². The van der Waals surface area contributed by atoms with Gasteiger partial charge < -0.3 is 0 Å². The number of hydrogen-bond donors (Lipinski definition) is 0. The van der Waals surface area contributed by atoms with E-state index in [-0.39, 0.29) is 5.92 Å². The Balaban J connectivity index is 6.71. The van der Waals surface area contributed by atoms with E-state index >= 15 is 0 Å². The minimum absolute atomic E-state index is 0.0543. The van der Waals surface area contributed by atoms with E-state index < -0.39 is 59.7 Å². The molecule has 0 radical (unpaired) electrons. The van der Waals surface area contributed by atoms with Gasteiger partial charge in [0.05, 0.1) is 0 Å². The molecule has 0 aromatic rings. The highest BCUT2D eigenvalue weighted by molar-refractivity contribution is 5.21. The van der Waals surface area contributed by atoms with E-state index in [0.717, 1.165) is 0 Å². The fraction of sp³-hybridized carbons (Fsp3) is 0.667. The van der Waals surface area contributed by atoms with Gasteiger partial charge in [0.15, 0.2) is 0 Å². The number of terminal acetylenes is 1. The molecule has 0 fully saturated rings. The lowest BCUT2D eigenvalue weighted by Gasteiger charge is -2.42. The lowest BCUT2D eigenvalue weighted by molar-refractivity contribution is -0.439. The van der Waals surface area contributed by atoms with Gasteiger partial charge in [0.1, 0.15) is 6.17 Å². The average molecular weight is 450 g/mol. The smallest absolute Gasteiger partial charge is 0.226 e. The molecule has 0 aliphatic heterocycles. The van der Waals surface area contributed by atoms with Crippen molar-refractivity contribution in [3.8, 4) is 24.4 Å². The van der Waals surface area contributed by atoms with E-state index in [9.17, 15) is 70.2 Å². The van der Waals surface area contributed by atoms with Crippen molar-refractivity contribution in [1.82, 2.24) is 0 Å². The minimum Gasteiger partial charge on any atom is -0.226 e. The Morgan fingerprint density at radius 2 is 0.893 bits per heavy atom. The third-order valence-corrected chi connectivity index (χ3v) is 3.06. The number of rotatable bonds is 7. The Morgan fingerprint density at radius 1 is 0.571 bits per heavy atom. The van der Waals surface area contributed by atoms with Crippen LogP contribution in [0.25, 0.3) is 0 Å². The predicted molar refractivity (Wildman–Crippen MR) is 57.2 cm³/mol. The molecule has 0 saturated carbocycles. The summed E-state index contributed by atoms with van der Waals surface area (Å²) in [4.78, 5) is 0. The number of hydrogen-bond acceptors (Lipinski definition) is 0. The third-order valence-electron chi connectivity index (χ3n) is 3.06. The Hall–Kier alpha value is -2.00. The van der Waals surface area contributed by atoms with Crippen LogP contribution in [0.5, 0.6) is 0 Å². The molecule has 0 heterocycles. The van der Waals surface area contributed by atoms with Gasteiger partial charge in [-0.25, -0.2) is 4.39 Å². The lowest BCUT2D eigenvalue weighted by atomic mass is 9.88. The summed E-state index contributed by atoms with van der Waals surface area (Å²) in [5.74, 6) is -55.2. The molecule has 0 aromatic heterocycles. The summed E-state index contributed by atoms with van der Waals surface area (Å²) in [7, 11) is 0. The molecule has 1 atom stereocenters. The van der Waals surface area contributed by atoms with E-state index in [2.05, 4.69) is 6.42 Å². The van der Waals surface area contributed by atoms with Crippen molar-refractivity contribution in [2.24, 2.45) is 0 Å². The molecule has 0 spiro atoms. The van der Waals surface area contributed by atoms with Crippen molar-refractivity contribution >= 4 is 0 Å². The maximum Gasteiger partial charge on any atom is 0.390 e. The summed E-state index contributed by atoms with van der Waals surface area (Å²) in [5, 5.41) is 0. The molecular formula is C12H2F16. The highest BCUT2D eigenvalue weighted by atomic mass is 19.4. The standard InChI is InChI=1S/C12H2F16/c1-2-5(14)7(17,18)9(21,22)11(25,26)12(27,28)10(23,24)8(19,20)6(15,16)3-4-13/h1,5H. The first-order valence-corrected chi connectivity index (χ1v) is 5.92. The van der Waals surface area contributed by atoms with E-state index in [0.29, 0.717) is 0 Å². The summed E-state index contributed by atoms with van der Waals surface area (Å²) < 4.78 is 206. The molecule has 0 nitrogen and oxygen atoms in total. The third kappa shape index (κ3) is 3.10. The summed E-state index contributed by atoms with van der Waals surface area (Å²) >= 11 is 0. The molecule has 0 rings (SSSR count).